The zero-order valence-electron chi connectivity index (χ0n) is 20.2. The predicted octanol–water partition coefficient (Wildman–Crippen LogP) is 5.64. The Labute approximate surface area is 185 Å². The van der Waals surface area contributed by atoms with Gasteiger partial charge in [-0.1, -0.05) is 83.3 Å². The van der Waals surface area contributed by atoms with Crippen LogP contribution < -0.4 is 0 Å². The van der Waals surface area contributed by atoms with Gasteiger partial charge in [-0.05, 0) is 32.1 Å². The molecular formula is C25H50NO4+. The minimum absolute atomic E-state index is 0.121. The molecule has 3 N–H and O–H groups in total. The van der Waals surface area contributed by atoms with Crippen molar-refractivity contribution in [2.75, 3.05) is 21.1 Å². The van der Waals surface area contributed by atoms with E-state index < -0.39 is 24.2 Å². The third-order valence-electron chi connectivity index (χ3n) is 5.79. The van der Waals surface area contributed by atoms with Crippen molar-refractivity contribution in [3.8, 4) is 0 Å². The average Bonchev–Trinajstić information content (AvgIpc) is 2.65. The maximum Gasteiger partial charge on any atom is 0.306 e. The first kappa shape index (κ1) is 29.1. The highest BCUT2D eigenvalue weighted by Crippen LogP contribution is 2.27. The standard InChI is InChI=1S/C25H49NO4/c1-5-6-7-8-9-10-11-12-13-14-15-16-17-18-19-20-21-25(30,22-23(27)28)24(29)26(2,3)4/h12-13,24,29-30H,5-11,14-22H2,1-4H3/p+1/b13-12-. The van der Waals surface area contributed by atoms with Crippen molar-refractivity contribution >= 4 is 5.97 Å². The number of carboxylic acids is 1. The van der Waals surface area contributed by atoms with Crippen molar-refractivity contribution in [3.63, 3.8) is 0 Å². The Morgan fingerprint density at radius 2 is 1.27 bits per heavy atom. The number of aliphatic carboxylic acids is 1. The molecule has 0 amide bonds. The van der Waals surface area contributed by atoms with E-state index in [0.717, 1.165) is 25.7 Å². The first-order valence-corrected chi connectivity index (χ1v) is 12.2. The van der Waals surface area contributed by atoms with Gasteiger partial charge < -0.3 is 19.8 Å². The molecular weight excluding hydrogens is 378 g/mol. The summed E-state index contributed by atoms with van der Waals surface area (Å²) < 4.78 is 0.121. The molecule has 0 saturated carbocycles. The topological polar surface area (TPSA) is 77.8 Å². The van der Waals surface area contributed by atoms with Gasteiger partial charge in [-0.3, -0.25) is 4.79 Å². The third-order valence-corrected chi connectivity index (χ3v) is 5.79. The number of allylic oxidation sites excluding steroid dienone is 2. The predicted molar refractivity (Wildman–Crippen MR) is 125 cm³/mol. The summed E-state index contributed by atoms with van der Waals surface area (Å²) in [5.74, 6) is -1.07. The Morgan fingerprint density at radius 3 is 1.70 bits per heavy atom. The molecule has 0 heterocycles. The molecule has 0 aliphatic rings. The molecule has 0 rings (SSSR count). The Hall–Kier alpha value is -0.910. The van der Waals surface area contributed by atoms with Crippen LogP contribution >= 0.6 is 0 Å². The quantitative estimate of drug-likeness (QED) is 0.101. The van der Waals surface area contributed by atoms with E-state index in [1.54, 1.807) is 21.1 Å². The highest BCUT2D eigenvalue weighted by Gasteiger charge is 2.45. The highest BCUT2D eigenvalue weighted by atomic mass is 16.4. The number of carbonyl (C=O) groups is 1. The number of aliphatic hydroxyl groups is 2. The molecule has 0 spiro atoms. The summed E-state index contributed by atoms with van der Waals surface area (Å²) in [7, 11) is 5.29. The maximum absolute atomic E-state index is 11.1. The van der Waals surface area contributed by atoms with Gasteiger partial charge in [0.2, 0.25) is 6.23 Å². The molecule has 0 saturated heterocycles. The molecule has 2 unspecified atom stereocenters. The fourth-order valence-corrected chi connectivity index (χ4v) is 3.97. The second-order valence-corrected chi connectivity index (χ2v) is 9.85. The Balaban J connectivity index is 3.79. The smallest absolute Gasteiger partial charge is 0.306 e. The van der Waals surface area contributed by atoms with E-state index in [1.165, 1.54) is 64.2 Å². The molecule has 5 nitrogen and oxygen atoms in total. The number of rotatable bonds is 20. The van der Waals surface area contributed by atoms with Crippen molar-refractivity contribution in [2.24, 2.45) is 0 Å². The van der Waals surface area contributed by atoms with Crippen LogP contribution in [0.5, 0.6) is 0 Å². The van der Waals surface area contributed by atoms with Gasteiger partial charge in [-0.25, -0.2) is 0 Å². The summed E-state index contributed by atoms with van der Waals surface area (Å²) in [6, 6.07) is 0. The zero-order valence-corrected chi connectivity index (χ0v) is 20.2. The minimum atomic E-state index is -1.58. The number of hydrogen-bond acceptors (Lipinski definition) is 3. The van der Waals surface area contributed by atoms with Gasteiger partial charge in [0, 0.05) is 0 Å². The second kappa shape index (κ2) is 16.7. The molecule has 0 fully saturated rings. The fraction of sp³-hybridized carbons (Fsp3) is 0.880. The SMILES string of the molecule is CCCCCCCC/C=C\CCCCCCCCC(O)(CC(=O)O)C(O)[N+](C)(C)C. The Kier molecular flexibility index (Phi) is 16.2. The Morgan fingerprint density at radius 1 is 0.833 bits per heavy atom. The van der Waals surface area contributed by atoms with Crippen molar-refractivity contribution < 1.29 is 24.6 Å². The van der Waals surface area contributed by atoms with E-state index in [1.807, 2.05) is 0 Å². The average molecular weight is 429 g/mol. The minimum Gasteiger partial charge on any atom is -0.481 e. The van der Waals surface area contributed by atoms with Gasteiger partial charge >= 0.3 is 5.97 Å². The van der Waals surface area contributed by atoms with Crippen LogP contribution in [0.3, 0.4) is 0 Å². The van der Waals surface area contributed by atoms with Gasteiger partial charge in [0.25, 0.3) is 0 Å². The van der Waals surface area contributed by atoms with Crippen LogP contribution in [0.4, 0.5) is 0 Å². The largest absolute Gasteiger partial charge is 0.481 e. The summed E-state index contributed by atoms with van der Waals surface area (Å²) in [6.07, 6.45) is 20.3. The number of nitrogens with zero attached hydrogens (tertiary/aromatic N) is 1. The number of likely N-dealkylation sites (N-methyl/N-ethyl adjacent to an activating group) is 1. The third kappa shape index (κ3) is 15.0. The number of quaternary nitrogens is 1. The lowest BCUT2D eigenvalue weighted by Gasteiger charge is -2.40. The second-order valence-electron chi connectivity index (χ2n) is 9.85. The molecule has 178 valence electrons. The molecule has 2 atom stereocenters. The van der Waals surface area contributed by atoms with Crippen LogP contribution in [-0.4, -0.2) is 58.7 Å². The maximum atomic E-state index is 11.1. The fourth-order valence-electron chi connectivity index (χ4n) is 3.97. The van der Waals surface area contributed by atoms with Crippen LogP contribution in [0.2, 0.25) is 0 Å². The first-order valence-electron chi connectivity index (χ1n) is 12.2. The lowest BCUT2D eigenvalue weighted by atomic mass is 9.89. The van der Waals surface area contributed by atoms with Gasteiger partial charge in [0.15, 0.2) is 5.60 Å². The molecule has 0 aromatic carbocycles. The van der Waals surface area contributed by atoms with Crippen molar-refractivity contribution in [1.82, 2.24) is 0 Å². The Bertz CT molecular complexity index is 459. The number of hydrogen-bond donors (Lipinski definition) is 3. The van der Waals surface area contributed by atoms with Crippen molar-refractivity contribution in [3.05, 3.63) is 12.2 Å². The first-order chi connectivity index (χ1) is 14.1. The molecule has 0 aliphatic carbocycles. The van der Waals surface area contributed by atoms with E-state index in [9.17, 15) is 15.0 Å². The van der Waals surface area contributed by atoms with Gasteiger partial charge in [-0.2, -0.15) is 0 Å². The molecule has 0 aromatic heterocycles. The summed E-state index contributed by atoms with van der Waals surface area (Å²) in [6.45, 7) is 2.25. The molecule has 0 aromatic rings. The lowest BCUT2D eigenvalue weighted by molar-refractivity contribution is -0.927. The van der Waals surface area contributed by atoms with Crippen LogP contribution in [0.15, 0.2) is 12.2 Å². The monoisotopic (exact) mass is 428 g/mol. The van der Waals surface area contributed by atoms with Crippen LogP contribution in [-0.2, 0) is 4.79 Å². The summed E-state index contributed by atoms with van der Waals surface area (Å²) >= 11 is 0. The van der Waals surface area contributed by atoms with E-state index in [-0.39, 0.29) is 4.48 Å². The molecule has 0 aliphatic heterocycles. The van der Waals surface area contributed by atoms with Crippen LogP contribution in [0.1, 0.15) is 110 Å². The molecule has 30 heavy (non-hydrogen) atoms. The van der Waals surface area contributed by atoms with E-state index in [0.29, 0.717) is 6.42 Å². The van der Waals surface area contributed by atoms with Gasteiger partial charge in [-0.15, -0.1) is 0 Å². The van der Waals surface area contributed by atoms with Gasteiger partial charge in [0.1, 0.15) is 0 Å². The number of aliphatic hydroxyl groups excluding tert-OH is 1. The number of carboxylic acid groups (broad SMARTS) is 1. The van der Waals surface area contributed by atoms with Crippen molar-refractivity contribution in [2.45, 2.75) is 121 Å². The highest BCUT2D eigenvalue weighted by molar-refractivity contribution is 5.68. The summed E-state index contributed by atoms with van der Waals surface area (Å²) in [4.78, 5) is 11.1. The zero-order chi connectivity index (χ0) is 22.9. The van der Waals surface area contributed by atoms with E-state index >= 15 is 0 Å². The van der Waals surface area contributed by atoms with Crippen LogP contribution in [0, 0.1) is 0 Å². The van der Waals surface area contributed by atoms with E-state index in [2.05, 4.69) is 19.1 Å². The molecule has 5 heteroatoms. The number of unbranched alkanes of at least 4 members (excludes halogenated alkanes) is 12. The normalized spacial score (nSPS) is 15.4. The van der Waals surface area contributed by atoms with Crippen LogP contribution in [0.25, 0.3) is 0 Å². The summed E-state index contributed by atoms with van der Waals surface area (Å²) in [5.41, 5.74) is -1.58. The molecule has 0 bridgehead atoms. The van der Waals surface area contributed by atoms with Gasteiger partial charge in [0.05, 0.1) is 27.6 Å². The van der Waals surface area contributed by atoms with E-state index in [4.69, 9.17) is 5.11 Å². The molecule has 0 radical (unpaired) electrons. The lowest BCUT2D eigenvalue weighted by Crippen LogP contribution is -2.59. The van der Waals surface area contributed by atoms with Crippen molar-refractivity contribution in [1.29, 1.82) is 0 Å². The summed E-state index contributed by atoms with van der Waals surface area (Å²) in [5, 5.41) is 30.3.